The number of hydrogen-bond acceptors (Lipinski definition) is 6. The monoisotopic (exact) mass is 402 g/mol. The molecule has 8 nitrogen and oxygen atoms in total. The van der Waals surface area contributed by atoms with E-state index in [0.29, 0.717) is 17.6 Å². The third-order valence-electron chi connectivity index (χ3n) is 4.36. The zero-order valence-electron chi connectivity index (χ0n) is 16.0. The molecule has 0 aliphatic rings. The number of fused-ring (bicyclic) bond motifs is 1. The molecule has 9 heteroatoms. The van der Waals surface area contributed by atoms with E-state index >= 15 is 0 Å². The molecular formula is C19H22N4O4S. The Balaban J connectivity index is 1.60. The quantitative estimate of drug-likeness (QED) is 0.338. The summed E-state index contributed by atoms with van der Waals surface area (Å²) in [4.78, 5) is 42.2. The van der Waals surface area contributed by atoms with Crippen molar-refractivity contribution in [3.05, 3.63) is 57.5 Å². The zero-order chi connectivity index (χ0) is 20.3. The average molecular weight is 402 g/mol. The highest BCUT2D eigenvalue weighted by atomic mass is 32.2. The first kappa shape index (κ1) is 19.9. The van der Waals surface area contributed by atoms with Gasteiger partial charge in [-0.2, -0.15) is 0 Å². The summed E-state index contributed by atoms with van der Waals surface area (Å²) in [7, 11) is 3.29. The third-order valence-corrected chi connectivity index (χ3v) is 5.45. The van der Waals surface area contributed by atoms with Crippen molar-refractivity contribution in [2.75, 3.05) is 6.61 Å². The largest absolute Gasteiger partial charge is 0.465 e. The Morgan fingerprint density at radius 3 is 2.64 bits per heavy atom. The average Bonchev–Trinajstić information content (AvgIpc) is 3.08. The van der Waals surface area contributed by atoms with Gasteiger partial charge in [0.15, 0.2) is 11.2 Å². The minimum absolute atomic E-state index is 0.136. The van der Waals surface area contributed by atoms with Gasteiger partial charge in [-0.25, -0.2) is 9.78 Å². The number of carbonyl (C=O) groups excluding carboxylic acids is 1. The number of rotatable bonds is 7. The Bertz CT molecular complexity index is 1100. The number of imidazole rings is 1. The summed E-state index contributed by atoms with van der Waals surface area (Å²) < 4.78 is 9.40. The molecule has 0 N–H and O–H groups in total. The van der Waals surface area contributed by atoms with Gasteiger partial charge in [-0.05, 0) is 25.5 Å². The minimum Gasteiger partial charge on any atom is -0.465 e. The molecule has 0 bridgehead atoms. The third kappa shape index (κ3) is 4.04. The number of benzene rings is 1. The summed E-state index contributed by atoms with van der Waals surface area (Å²) >= 11 is 1.42. The van der Waals surface area contributed by atoms with Crippen LogP contribution in [0.25, 0.3) is 11.2 Å². The highest BCUT2D eigenvalue weighted by Crippen LogP contribution is 2.23. The van der Waals surface area contributed by atoms with Crippen molar-refractivity contribution in [2.24, 2.45) is 14.1 Å². The minimum atomic E-state index is -0.435. The van der Waals surface area contributed by atoms with Crippen LogP contribution in [0.4, 0.5) is 0 Å². The molecule has 2 heterocycles. The zero-order valence-corrected chi connectivity index (χ0v) is 16.8. The van der Waals surface area contributed by atoms with E-state index in [1.165, 1.54) is 22.7 Å². The molecule has 3 rings (SSSR count). The number of aryl methyl sites for hydroxylation is 2. The number of ether oxygens (including phenoxy) is 1. The van der Waals surface area contributed by atoms with Crippen molar-refractivity contribution < 1.29 is 9.53 Å². The molecule has 0 aliphatic carbocycles. The normalized spacial score (nSPS) is 12.2. The first-order valence-corrected chi connectivity index (χ1v) is 9.77. The van der Waals surface area contributed by atoms with Crippen LogP contribution in [0.2, 0.25) is 0 Å². The first-order chi connectivity index (χ1) is 13.4. The maximum absolute atomic E-state index is 12.6. The van der Waals surface area contributed by atoms with Crippen LogP contribution in [-0.2, 0) is 30.2 Å². The Morgan fingerprint density at radius 2 is 1.93 bits per heavy atom. The van der Waals surface area contributed by atoms with Crippen molar-refractivity contribution in [1.29, 1.82) is 0 Å². The molecule has 0 saturated heterocycles. The molecule has 0 saturated carbocycles. The number of hydrogen-bond donors (Lipinski definition) is 0. The van der Waals surface area contributed by atoms with E-state index in [-0.39, 0.29) is 24.4 Å². The lowest BCUT2D eigenvalue weighted by molar-refractivity contribution is -0.142. The summed E-state index contributed by atoms with van der Waals surface area (Å²) in [6.07, 6.45) is 1.87. The van der Waals surface area contributed by atoms with E-state index in [2.05, 4.69) is 4.98 Å². The fourth-order valence-corrected chi connectivity index (χ4v) is 3.74. The summed E-state index contributed by atoms with van der Waals surface area (Å²) in [5, 5.41) is -0.344. The van der Waals surface area contributed by atoms with Crippen LogP contribution < -0.4 is 11.2 Å². The highest BCUT2D eigenvalue weighted by molar-refractivity contribution is 8.00. The van der Waals surface area contributed by atoms with Crippen LogP contribution >= 0.6 is 11.8 Å². The van der Waals surface area contributed by atoms with Crippen LogP contribution in [0.5, 0.6) is 0 Å². The molecule has 0 unspecified atom stereocenters. The van der Waals surface area contributed by atoms with Gasteiger partial charge in [0.05, 0.1) is 12.9 Å². The van der Waals surface area contributed by atoms with Gasteiger partial charge < -0.3 is 9.30 Å². The number of esters is 1. The Kier molecular flexibility index (Phi) is 6.03. The molecule has 2 aromatic heterocycles. The molecule has 3 aromatic rings. The summed E-state index contributed by atoms with van der Waals surface area (Å²) in [5.41, 5.74) is -0.105. The lowest BCUT2D eigenvalue weighted by atomic mass is 10.4. The van der Waals surface area contributed by atoms with Crippen LogP contribution in [-0.4, -0.2) is 36.5 Å². The van der Waals surface area contributed by atoms with E-state index in [1.807, 2.05) is 30.3 Å². The number of aromatic nitrogens is 4. The van der Waals surface area contributed by atoms with Crippen molar-refractivity contribution in [2.45, 2.75) is 30.0 Å². The van der Waals surface area contributed by atoms with E-state index < -0.39 is 11.2 Å². The Morgan fingerprint density at radius 1 is 1.21 bits per heavy atom. The first-order valence-electron chi connectivity index (χ1n) is 8.89. The molecule has 0 fully saturated rings. The second-order valence-corrected chi connectivity index (χ2v) is 7.83. The van der Waals surface area contributed by atoms with Gasteiger partial charge in [-0.3, -0.25) is 18.7 Å². The van der Waals surface area contributed by atoms with Crippen LogP contribution in [0.15, 0.2) is 51.1 Å². The summed E-state index contributed by atoms with van der Waals surface area (Å²) in [5.74, 6) is -0.323. The van der Waals surface area contributed by atoms with E-state index in [0.717, 1.165) is 9.46 Å². The molecule has 0 aliphatic heterocycles. The van der Waals surface area contributed by atoms with Crippen molar-refractivity contribution in [3.63, 3.8) is 0 Å². The fourth-order valence-electron chi connectivity index (χ4n) is 2.86. The second-order valence-electron chi connectivity index (χ2n) is 6.42. The topological polar surface area (TPSA) is 88.1 Å². The molecule has 0 spiro atoms. The van der Waals surface area contributed by atoms with Gasteiger partial charge in [-0.1, -0.05) is 18.2 Å². The van der Waals surface area contributed by atoms with Crippen molar-refractivity contribution in [3.8, 4) is 0 Å². The van der Waals surface area contributed by atoms with Gasteiger partial charge in [0.2, 0.25) is 0 Å². The summed E-state index contributed by atoms with van der Waals surface area (Å²) in [6.45, 7) is 2.09. The molecule has 28 heavy (non-hydrogen) atoms. The van der Waals surface area contributed by atoms with Crippen LogP contribution in [0.3, 0.4) is 0 Å². The number of thioether (sulfide) groups is 1. The highest BCUT2D eigenvalue weighted by Gasteiger charge is 2.17. The van der Waals surface area contributed by atoms with Gasteiger partial charge in [0.1, 0.15) is 5.25 Å². The Labute approximate surface area is 165 Å². The van der Waals surface area contributed by atoms with Gasteiger partial charge in [0, 0.05) is 25.5 Å². The van der Waals surface area contributed by atoms with Crippen LogP contribution in [0, 0.1) is 0 Å². The maximum atomic E-state index is 12.6. The lowest BCUT2D eigenvalue weighted by Crippen LogP contribution is -2.39. The van der Waals surface area contributed by atoms with Gasteiger partial charge in [0.25, 0.3) is 5.56 Å². The van der Waals surface area contributed by atoms with E-state index in [9.17, 15) is 14.4 Å². The van der Waals surface area contributed by atoms with Crippen LogP contribution in [0.1, 0.15) is 13.3 Å². The smallest absolute Gasteiger partial charge is 0.332 e. The predicted octanol–water partition coefficient (Wildman–Crippen LogP) is 1.55. The van der Waals surface area contributed by atoms with Crippen molar-refractivity contribution >= 4 is 28.9 Å². The SMILES string of the molecule is C[C@H](Sc1ccccc1)C(=O)OCCCn1c(=O)c2c(ncn2C)n(C)c1=O. The standard InChI is InChI=1S/C19H22N4O4S/c1-13(28-14-8-5-4-6-9-14)18(25)27-11-7-10-23-17(24)15-16(20-12-21(15)2)22(3)19(23)26/h4-6,8-9,12-13H,7,10-11H2,1-3H3/t13-/m0/s1. The molecular weight excluding hydrogens is 380 g/mol. The maximum Gasteiger partial charge on any atom is 0.332 e. The summed E-state index contributed by atoms with van der Waals surface area (Å²) in [6, 6.07) is 9.62. The molecule has 1 aromatic carbocycles. The predicted molar refractivity (Wildman–Crippen MR) is 108 cm³/mol. The molecule has 0 amide bonds. The number of carbonyl (C=O) groups is 1. The van der Waals surface area contributed by atoms with E-state index in [1.54, 1.807) is 25.6 Å². The van der Waals surface area contributed by atoms with Gasteiger partial charge in [-0.15, -0.1) is 11.8 Å². The fraction of sp³-hybridized carbons (Fsp3) is 0.368. The van der Waals surface area contributed by atoms with Crippen molar-refractivity contribution in [1.82, 2.24) is 18.7 Å². The van der Waals surface area contributed by atoms with Gasteiger partial charge >= 0.3 is 11.7 Å². The van der Waals surface area contributed by atoms with E-state index in [4.69, 9.17) is 4.74 Å². The number of nitrogens with zero attached hydrogens (tertiary/aromatic N) is 4. The molecule has 148 valence electrons. The lowest BCUT2D eigenvalue weighted by Gasteiger charge is -2.12. The molecule has 1 atom stereocenters. The second kappa shape index (κ2) is 8.47. The molecule has 0 radical (unpaired) electrons. The Hall–Kier alpha value is -2.81.